The highest BCUT2D eigenvalue weighted by Gasteiger charge is 2.16. The number of methoxy groups -OCH3 is 1. The Kier molecular flexibility index (Phi) is 7.53. The summed E-state index contributed by atoms with van der Waals surface area (Å²) in [6.45, 7) is 4.02. The molecule has 0 spiro atoms. The second-order valence-corrected chi connectivity index (χ2v) is 5.87. The van der Waals surface area contributed by atoms with E-state index in [4.69, 9.17) is 4.74 Å². The molecule has 2 aromatic rings. The molecule has 0 fully saturated rings. The van der Waals surface area contributed by atoms with E-state index in [-0.39, 0.29) is 12.6 Å². The van der Waals surface area contributed by atoms with Crippen molar-refractivity contribution in [3.05, 3.63) is 53.6 Å². The fourth-order valence-electron chi connectivity index (χ4n) is 2.44. The molecule has 0 unspecified atom stereocenters. The predicted octanol–water partition coefficient (Wildman–Crippen LogP) is 2.78. The topological polar surface area (TPSA) is 59.4 Å². The van der Waals surface area contributed by atoms with Crippen LogP contribution < -0.4 is 5.32 Å². The number of urea groups is 1. The van der Waals surface area contributed by atoms with Gasteiger partial charge in [-0.3, -0.25) is 0 Å². The monoisotopic (exact) mass is 366 g/mol. The van der Waals surface area contributed by atoms with Crippen LogP contribution in [0.5, 0.6) is 0 Å². The quantitative estimate of drug-likeness (QED) is 0.742. The summed E-state index contributed by atoms with van der Waals surface area (Å²) in [5.74, 6) is -1.11. The average molecular weight is 366 g/mol. The molecule has 0 saturated carbocycles. The smallest absolute Gasteiger partial charge is 0.317 e. The van der Waals surface area contributed by atoms with Gasteiger partial charge in [-0.1, -0.05) is 13.0 Å². The summed E-state index contributed by atoms with van der Waals surface area (Å²) in [5.41, 5.74) is 0.613. The zero-order valence-corrected chi connectivity index (χ0v) is 15.0. The summed E-state index contributed by atoms with van der Waals surface area (Å²) in [6.07, 6.45) is 4.21. The first kappa shape index (κ1) is 19.8. The third-order valence-electron chi connectivity index (χ3n) is 3.85. The van der Waals surface area contributed by atoms with E-state index < -0.39 is 11.6 Å². The zero-order valence-electron chi connectivity index (χ0n) is 15.0. The van der Waals surface area contributed by atoms with Crippen LogP contribution in [0, 0.1) is 11.6 Å². The molecule has 142 valence electrons. The summed E-state index contributed by atoms with van der Waals surface area (Å²) < 4.78 is 33.4. The maximum absolute atomic E-state index is 13.4. The number of halogens is 2. The molecule has 0 aliphatic carbocycles. The lowest BCUT2D eigenvalue weighted by Gasteiger charge is -2.23. The Hall–Kier alpha value is -2.48. The molecule has 0 atom stereocenters. The SMILES string of the molecule is CCCNC(=O)N(CCOC)Cc1nccn1Cc1ccc(F)c(F)c1. The fourth-order valence-corrected chi connectivity index (χ4v) is 2.44. The molecule has 1 heterocycles. The van der Waals surface area contributed by atoms with Gasteiger partial charge < -0.3 is 19.5 Å². The number of hydrogen-bond donors (Lipinski definition) is 1. The summed E-state index contributed by atoms with van der Waals surface area (Å²) in [7, 11) is 1.58. The number of ether oxygens (including phenoxy) is 1. The summed E-state index contributed by atoms with van der Waals surface area (Å²) in [6, 6.07) is 3.60. The van der Waals surface area contributed by atoms with Crippen molar-refractivity contribution in [2.45, 2.75) is 26.4 Å². The van der Waals surface area contributed by atoms with Gasteiger partial charge in [-0.2, -0.15) is 0 Å². The van der Waals surface area contributed by atoms with E-state index in [1.165, 1.54) is 6.07 Å². The van der Waals surface area contributed by atoms with Crippen molar-refractivity contribution in [2.24, 2.45) is 0 Å². The van der Waals surface area contributed by atoms with E-state index in [2.05, 4.69) is 10.3 Å². The number of amides is 2. The molecular weight excluding hydrogens is 342 g/mol. The molecule has 2 rings (SSSR count). The number of carbonyl (C=O) groups excluding carboxylic acids is 1. The van der Waals surface area contributed by atoms with Gasteiger partial charge in [0.15, 0.2) is 11.6 Å². The van der Waals surface area contributed by atoms with Crippen molar-refractivity contribution >= 4 is 6.03 Å². The molecule has 1 aromatic heterocycles. The number of nitrogens with zero attached hydrogens (tertiary/aromatic N) is 3. The molecule has 0 aliphatic rings. The van der Waals surface area contributed by atoms with Gasteiger partial charge in [0.2, 0.25) is 0 Å². The highest BCUT2D eigenvalue weighted by Crippen LogP contribution is 2.12. The summed E-state index contributed by atoms with van der Waals surface area (Å²) in [4.78, 5) is 18.2. The number of rotatable bonds is 9. The van der Waals surface area contributed by atoms with Crippen molar-refractivity contribution in [2.75, 3.05) is 26.8 Å². The molecule has 6 nitrogen and oxygen atoms in total. The van der Waals surface area contributed by atoms with Gasteiger partial charge in [0.25, 0.3) is 0 Å². The minimum Gasteiger partial charge on any atom is -0.383 e. The van der Waals surface area contributed by atoms with Gasteiger partial charge in [-0.25, -0.2) is 18.6 Å². The maximum atomic E-state index is 13.4. The van der Waals surface area contributed by atoms with Crippen LogP contribution in [0.4, 0.5) is 13.6 Å². The van der Waals surface area contributed by atoms with Crippen LogP contribution in [-0.2, 0) is 17.8 Å². The van der Waals surface area contributed by atoms with E-state index in [0.717, 1.165) is 18.6 Å². The highest BCUT2D eigenvalue weighted by molar-refractivity contribution is 5.74. The number of aromatic nitrogens is 2. The van der Waals surface area contributed by atoms with E-state index in [1.807, 2.05) is 6.92 Å². The lowest BCUT2D eigenvalue weighted by molar-refractivity contribution is 0.145. The molecule has 0 saturated heterocycles. The molecular formula is C18H24F2N4O2. The van der Waals surface area contributed by atoms with Crippen LogP contribution in [0.2, 0.25) is 0 Å². The Morgan fingerprint density at radius 1 is 1.35 bits per heavy atom. The molecule has 8 heteroatoms. The molecule has 26 heavy (non-hydrogen) atoms. The Morgan fingerprint density at radius 2 is 2.15 bits per heavy atom. The molecule has 1 aromatic carbocycles. The molecule has 0 bridgehead atoms. The Balaban J connectivity index is 2.10. The van der Waals surface area contributed by atoms with Crippen LogP contribution in [0.15, 0.2) is 30.6 Å². The second-order valence-electron chi connectivity index (χ2n) is 5.87. The van der Waals surface area contributed by atoms with Crippen molar-refractivity contribution in [1.29, 1.82) is 0 Å². The number of hydrogen-bond acceptors (Lipinski definition) is 3. The van der Waals surface area contributed by atoms with Gasteiger partial charge >= 0.3 is 6.03 Å². The lowest BCUT2D eigenvalue weighted by atomic mass is 10.2. The van der Waals surface area contributed by atoms with Crippen molar-refractivity contribution < 1.29 is 18.3 Å². The Labute approximate surface area is 151 Å². The highest BCUT2D eigenvalue weighted by atomic mass is 19.2. The molecule has 0 aliphatic heterocycles. The number of carbonyl (C=O) groups is 1. The lowest BCUT2D eigenvalue weighted by Crippen LogP contribution is -2.42. The maximum Gasteiger partial charge on any atom is 0.317 e. The first-order chi connectivity index (χ1) is 12.5. The first-order valence-electron chi connectivity index (χ1n) is 8.50. The molecule has 2 amide bonds. The number of nitrogens with one attached hydrogen (secondary N) is 1. The predicted molar refractivity (Wildman–Crippen MR) is 93.7 cm³/mol. The van der Waals surface area contributed by atoms with Crippen LogP contribution >= 0.6 is 0 Å². The van der Waals surface area contributed by atoms with Crippen molar-refractivity contribution in [1.82, 2.24) is 19.8 Å². The van der Waals surface area contributed by atoms with Gasteiger partial charge in [0.1, 0.15) is 5.82 Å². The minimum absolute atomic E-state index is 0.189. The summed E-state index contributed by atoms with van der Waals surface area (Å²) in [5, 5.41) is 2.84. The van der Waals surface area contributed by atoms with E-state index in [1.54, 1.807) is 29.0 Å². The van der Waals surface area contributed by atoms with Crippen LogP contribution in [0.25, 0.3) is 0 Å². The second kappa shape index (κ2) is 9.86. The van der Waals surface area contributed by atoms with Crippen LogP contribution in [0.1, 0.15) is 24.7 Å². The first-order valence-corrected chi connectivity index (χ1v) is 8.50. The van der Waals surface area contributed by atoms with Crippen molar-refractivity contribution in [3.8, 4) is 0 Å². The normalized spacial score (nSPS) is 10.8. The largest absolute Gasteiger partial charge is 0.383 e. The zero-order chi connectivity index (χ0) is 18.9. The van der Waals surface area contributed by atoms with Gasteiger partial charge in [-0.05, 0) is 24.1 Å². The third kappa shape index (κ3) is 5.52. The van der Waals surface area contributed by atoms with Crippen LogP contribution in [0.3, 0.4) is 0 Å². The van der Waals surface area contributed by atoms with Gasteiger partial charge in [0, 0.05) is 39.1 Å². The minimum atomic E-state index is -0.884. The average Bonchev–Trinajstić information content (AvgIpc) is 3.06. The third-order valence-corrected chi connectivity index (χ3v) is 3.85. The standard InChI is InChI=1S/C18H24F2N4O2/c1-3-6-22-18(25)24(9-10-26-2)13-17-21-7-8-23(17)12-14-4-5-15(19)16(20)11-14/h4-5,7-8,11H,3,6,9-10,12-13H2,1-2H3,(H,22,25). The summed E-state index contributed by atoms with van der Waals surface area (Å²) >= 11 is 0. The Bertz CT molecular complexity index is 721. The van der Waals surface area contributed by atoms with Gasteiger partial charge in [0.05, 0.1) is 13.2 Å². The molecule has 1 N–H and O–H groups in total. The Morgan fingerprint density at radius 3 is 2.85 bits per heavy atom. The molecule has 0 radical (unpaired) electrons. The number of benzene rings is 1. The van der Waals surface area contributed by atoms with E-state index >= 15 is 0 Å². The van der Waals surface area contributed by atoms with Crippen LogP contribution in [-0.4, -0.2) is 47.3 Å². The fraction of sp³-hybridized carbons (Fsp3) is 0.444. The van der Waals surface area contributed by atoms with E-state index in [9.17, 15) is 13.6 Å². The number of imidazole rings is 1. The van der Waals surface area contributed by atoms with E-state index in [0.29, 0.717) is 37.6 Å². The van der Waals surface area contributed by atoms with Gasteiger partial charge in [-0.15, -0.1) is 0 Å². The van der Waals surface area contributed by atoms with Crippen molar-refractivity contribution in [3.63, 3.8) is 0 Å².